The first-order valence-corrected chi connectivity index (χ1v) is 6.88. The van der Waals surface area contributed by atoms with Crippen LogP contribution in [-0.2, 0) is 4.79 Å². The fraction of sp³-hybridized carbons (Fsp3) is 0.818. The topological polar surface area (TPSA) is 60.9 Å². The average Bonchev–Trinajstić information content (AvgIpc) is 2.81. The molecular weight excluding hydrogens is 240 g/mol. The summed E-state index contributed by atoms with van der Waals surface area (Å²) in [5, 5.41) is 9.85. The Bertz CT molecular complexity index is 333. The van der Waals surface area contributed by atoms with E-state index >= 15 is 0 Å². The van der Waals surface area contributed by atoms with Crippen molar-refractivity contribution in [2.45, 2.75) is 25.4 Å². The predicted octanol–water partition coefficient (Wildman–Crippen LogP) is 0.529. The zero-order valence-corrected chi connectivity index (χ0v) is 10.8. The van der Waals surface area contributed by atoms with E-state index in [2.05, 4.69) is 0 Å². The van der Waals surface area contributed by atoms with E-state index in [1.54, 1.807) is 16.7 Å². The Balaban J connectivity index is 1.76. The monoisotopic (exact) mass is 258 g/mol. The number of likely N-dealkylation sites (tertiary alicyclic amines) is 1. The molecule has 0 saturated carbocycles. The van der Waals surface area contributed by atoms with E-state index in [4.69, 9.17) is 0 Å². The van der Waals surface area contributed by atoms with E-state index in [0.717, 1.165) is 12.3 Å². The van der Waals surface area contributed by atoms with Crippen LogP contribution in [-0.4, -0.2) is 63.6 Å². The van der Waals surface area contributed by atoms with Crippen LogP contribution < -0.4 is 0 Å². The van der Waals surface area contributed by atoms with Gasteiger partial charge in [0.2, 0.25) is 5.91 Å². The van der Waals surface area contributed by atoms with Crippen molar-refractivity contribution < 1.29 is 14.7 Å². The molecule has 0 aromatic rings. The van der Waals surface area contributed by atoms with Crippen molar-refractivity contribution in [3.05, 3.63) is 0 Å². The van der Waals surface area contributed by atoms with Crippen molar-refractivity contribution in [1.82, 2.24) is 9.80 Å². The number of thioether (sulfide) groups is 1. The summed E-state index contributed by atoms with van der Waals surface area (Å²) >= 11 is 1.31. The third-order valence-corrected chi connectivity index (χ3v) is 4.14. The molecule has 2 amide bonds. The van der Waals surface area contributed by atoms with Crippen molar-refractivity contribution in [1.29, 1.82) is 0 Å². The van der Waals surface area contributed by atoms with Gasteiger partial charge in [0.1, 0.15) is 0 Å². The molecule has 6 heteroatoms. The molecule has 2 saturated heterocycles. The first-order valence-electron chi connectivity index (χ1n) is 5.90. The molecule has 2 aliphatic heterocycles. The SMILES string of the molecule is CC1(O)CCN(C(=O)CCN2CCSC2=O)C1. The van der Waals surface area contributed by atoms with Gasteiger partial charge in [-0.2, -0.15) is 0 Å². The number of hydrogen-bond donors (Lipinski definition) is 1. The van der Waals surface area contributed by atoms with Gasteiger partial charge in [-0.25, -0.2) is 0 Å². The molecule has 1 atom stereocenters. The van der Waals surface area contributed by atoms with Crippen LogP contribution in [0.1, 0.15) is 19.8 Å². The van der Waals surface area contributed by atoms with E-state index in [1.165, 1.54) is 11.8 Å². The highest BCUT2D eigenvalue weighted by Crippen LogP contribution is 2.21. The maximum atomic E-state index is 11.9. The molecule has 5 nitrogen and oxygen atoms in total. The minimum Gasteiger partial charge on any atom is -0.388 e. The standard InChI is InChI=1S/C11H18N2O3S/c1-11(16)3-5-13(8-11)9(14)2-4-12-6-7-17-10(12)15/h16H,2-8H2,1H3. The van der Waals surface area contributed by atoms with Crippen LogP contribution in [0.2, 0.25) is 0 Å². The van der Waals surface area contributed by atoms with Crippen molar-refractivity contribution in [2.24, 2.45) is 0 Å². The second kappa shape index (κ2) is 4.86. The number of aliphatic hydroxyl groups is 1. The zero-order chi connectivity index (χ0) is 12.5. The minimum absolute atomic E-state index is 0.0347. The van der Waals surface area contributed by atoms with Gasteiger partial charge in [-0.15, -0.1) is 0 Å². The van der Waals surface area contributed by atoms with E-state index < -0.39 is 5.60 Å². The van der Waals surface area contributed by atoms with Gasteiger partial charge >= 0.3 is 0 Å². The normalized spacial score (nSPS) is 29.2. The second-order valence-electron chi connectivity index (χ2n) is 4.91. The third-order valence-electron chi connectivity index (χ3n) is 3.25. The van der Waals surface area contributed by atoms with E-state index in [9.17, 15) is 14.7 Å². The van der Waals surface area contributed by atoms with Gasteiger partial charge in [-0.05, 0) is 13.3 Å². The van der Waals surface area contributed by atoms with Gasteiger partial charge in [0.05, 0.1) is 5.60 Å². The third kappa shape index (κ3) is 3.13. The first kappa shape index (κ1) is 12.7. The second-order valence-corrected chi connectivity index (χ2v) is 5.96. The number of carbonyl (C=O) groups is 2. The Morgan fingerprint density at radius 2 is 2.29 bits per heavy atom. The molecule has 2 rings (SSSR count). The highest BCUT2D eigenvalue weighted by atomic mass is 32.2. The summed E-state index contributed by atoms with van der Waals surface area (Å²) in [6, 6.07) is 0. The molecule has 0 bridgehead atoms. The van der Waals surface area contributed by atoms with Crippen molar-refractivity contribution in [3.8, 4) is 0 Å². The molecule has 2 aliphatic rings. The molecule has 17 heavy (non-hydrogen) atoms. The van der Waals surface area contributed by atoms with E-state index in [-0.39, 0.29) is 11.1 Å². The number of rotatable bonds is 3. The lowest BCUT2D eigenvalue weighted by molar-refractivity contribution is -0.131. The summed E-state index contributed by atoms with van der Waals surface area (Å²) in [5.74, 6) is 0.860. The molecule has 0 spiro atoms. The lowest BCUT2D eigenvalue weighted by Gasteiger charge is -2.20. The lowest BCUT2D eigenvalue weighted by Crippen LogP contribution is -2.36. The Hall–Kier alpha value is -0.750. The Kier molecular flexibility index (Phi) is 3.63. The average molecular weight is 258 g/mol. The van der Waals surface area contributed by atoms with Crippen molar-refractivity contribution >= 4 is 22.9 Å². The number of carbonyl (C=O) groups excluding carboxylic acids is 2. The molecule has 0 aromatic carbocycles. The van der Waals surface area contributed by atoms with Crippen LogP contribution in [0.3, 0.4) is 0 Å². The maximum absolute atomic E-state index is 11.9. The minimum atomic E-state index is -0.741. The van der Waals surface area contributed by atoms with Crippen LogP contribution in [0.15, 0.2) is 0 Å². The first-order chi connectivity index (χ1) is 7.98. The molecule has 2 heterocycles. The predicted molar refractivity (Wildman–Crippen MR) is 65.9 cm³/mol. The fourth-order valence-corrected chi connectivity index (χ4v) is 3.03. The lowest BCUT2D eigenvalue weighted by atomic mass is 10.1. The van der Waals surface area contributed by atoms with Crippen LogP contribution in [0.25, 0.3) is 0 Å². The van der Waals surface area contributed by atoms with Gasteiger partial charge in [-0.1, -0.05) is 11.8 Å². The summed E-state index contributed by atoms with van der Waals surface area (Å²) in [6.45, 7) is 4.03. The van der Waals surface area contributed by atoms with Crippen LogP contribution in [0.4, 0.5) is 4.79 Å². The highest BCUT2D eigenvalue weighted by Gasteiger charge is 2.34. The molecule has 96 valence electrons. The maximum Gasteiger partial charge on any atom is 0.281 e. The van der Waals surface area contributed by atoms with Gasteiger partial charge in [0.15, 0.2) is 0 Å². The van der Waals surface area contributed by atoms with Gasteiger partial charge in [0.25, 0.3) is 5.24 Å². The fourth-order valence-electron chi connectivity index (χ4n) is 2.18. The highest BCUT2D eigenvalue weighted by molar-refractivity contribution is 8.13. The zero-order valence-electron chi connectivity index (χ0n) is 10.0. The molecule has 1 unspecified atom stereocenters. The summed E-state index contributed by atoms with van der Waals surface area (Å²) in [7, 11) is 0. The van der Waals surface area contributed by atoms with Crippen LogP contribution >= 0.6 is 11.8 Å². The summed E-state index contributed by atoms with van der Waals surface area (Å²) in [5.41, 5.74) is -0.741. The largest absolute Gasteiger partial charge is 0.388 e. The molecule has 0 radical (unpaired) electrons. The smallest absolute Gasteiger partial charge is 0.281 e. The Labute approximate surface area is 105 Å². The number of amides is 2. The van der Waals surface area contributed by atoms with Gasteiger partial charge in [0, 0.05) is 38.4 Å². The summed E-state index contributed by atoms with van der Waals surface area (Å²) in [4.78, 5) is 26.6. The molecule has 1 N–H and O–H groups in total. The summed E-state index contributed by atoms with van der Waals surface area (Å²) in [6.07, 6.45) is 1.000. The van der Waals surface area contributed by atoms with Crippen LogP contribution in [0, 0.1) is 0 Å². The number of nitrogens with zero attached hydrogens (tertiary/aromatic N) is 2. The molecule has 0 aliphatic carbocycles. The number of hydrogen-bond acceptors (Lipinski definition) is 4. The van der Waals surface area contributed by atoms with Crippen LogP contribution in [0.5, 0.6) is 0 Å². The Morgan fingerprint density at radius 1 is 1.53 bits per heavy atom. The molecule has 2 fully saturated rings. The van der Waals surface area contributed by atoms with Gasteiger partial charge < -0.3 is 14.9 Å². The van der Waals surface area contributed by atoms with Crippen molar-refractivity contribution in [3.63, 3.8) is 0 Å². The van der Waals surface area contributed by atoms with E-state index in [1.807, 2.05) is 0 Å². The van der Waals surface area contributed by atoms with Crippen molar-refractivity contribution in [2.75, 3.05) is 31.9 Å². The summed E-state index contributed by atoms with van der Waals surface area (Å²) < 4.78 is 0. The van der Waals surface area contributed by atoms with Gasteiger partial charge in [-0.3, -0.25) is 9.59 Å². The Morgan fingerprint density at radius 3 is 2.82 bits per heavy atom. The molecular formula is C11H18N2O3S. The quantitative estimate of drug-likeness (QED) is 0.802. The number of β-amino-alcohol motifs (C(OH)–C–C–N with tert-alkyl or cyclic N) is 1. The van der Waals surface area contributed by atoms with E-state index in [0.29, 0.717) is 32.5 Å². The molecule has 0 aromatic heterocycles.